The average Bonchev–Trinajstić information content (AvgIpc) is 2.25. The molecule has 0 radical (unpaired) electrons. The maximum absolute atomic E-state index is 10.6. The van der Waals surface area contributed by atoms with E-state index in [0.717, 1.165) is 0 Å². The number of carboxylic acid groups (broad SMARTS) is 1. The molecule has 0 aliphatic rings. The molecule has 0 amide bonds. The smallest absolute Gasteiger partial charge is 0.346 e. The molecule has 5 nitrogen and oxygen atoms in total. The summed E-state index contributed by atoms with van der Waals surface area (Å²) in [4.78, 5) is 10.6. The molecular weight excluding hydrogens is 210 g/mol. The van der Waals surface area contributed by atoms with Crippen LogP contribution in [0.5, 0.6) is 11.5 Å². The van der Waals surface area contributed by atoms with Gasteiger partial charge in [-0.25, -0.2) is 4.79 Å². The zero-order valence-corrected chi connectivity index (χ0v) is 8.47. The highest BCUT2D eigenvalue weighted by molar-refractivity contribution is 5.96. The van der Waals surface area contributed by atoms with Gasteiger partial charge in [0.05, 0.1) is 7.11 Å². The summed E-state index contributed by atoms with van der Waals surface area (Å²) in [6.07, 6.45) is 1.17. The summed E-state index contributed by atoms with van der Waals surface area (Å²) in [7, 11) is 1.41. The number of nitrogens with zero attached hydrogens (tertiary/aromatic N) is 1. The van der Waals surface area contributed by atoms with E-state index in [2.05, 4.69) is 0 Å². The maximum atomic E-state index is 10.6. The Morgan fingerprint density at radius 1 is 1.56 bits per heavy atom. The lowest BCUT2D eigenvalue weighted by Crippen LogP contribution is -1.97. The van der Waals surface area contributed by atoms with Gasteiger partial charge in [-0.1, -0.05) is 6.07 Å². The van der Waals surface area contributed by atoms with Crippen LogP contribution in [0.15, 0.2) is 23.8 Å². The van der Waals surface area contributed by atoms with E-state index in [1.807, 2.05) is 0 Å². The van der Waals surface area contributed by atoms with Crippen molar-refractivity contribution < 1.29 is 19.7 Å². The van der Waals surface area contributed by atoms with Gasteiger partial charge >= 0.3 is 5.97 Å². The van der Waals surface area contributed by atoms with E-state index in [4.69, 9.17) is 15.1 Å². The Hall–Kier alpha value is -2.48. The lowest BCUT2D eigenvalue weighted by Gasteiger charge is -2.03. The molecule has 0 bridgehead atoms. The lowest BCUT2D eigenvalue weighted by molar-refractivity contribution is -0.132. The first kappa shape index (κ1) is 11.6. The van der Waals surface area contributed by atoms with Crippen molar-refractivity contribution in [1.29, 1.82) is 5.26 Å². The second kappa shape index (κ2) is 4.84. The molecule has 82 valence electrons. The van der Waals surface area contributed by atoms with Crippen LogP contribution in [0.4, 0.5) is 0 Å². The van der Waals surface area contributed by atoms with E-state index in [-0.39, 0.29) is 11.5 Å². The Labute approximate surface area is 91.8 Å². The third-order valence-corrected chi connectivity index (χ3v) is 1.86. The number of ether oxygens (including phenoxy) is 1. The Kier molecular flexibility index (Phi) is 3.51. The first-order valence-electron chi connectivity index (χ1n) is 4.30. The topological polar surface area (TPSA) is 90.5 Å². The number of carbonyl (C=O) groups is 1. The standard InChI is InChI=1S/C11H9NO4/c1-16-10-3-2-7(5-9(10)13)4-8(6-12)11(14)15/h2-5,13H,1H3,(H,14,15)/b8-4+. The SMILES string of the molecule is COc1ccc(/C=C(\C#N)C(=O)O)cc1O. The summed E-state index contributed by atoms with van der Waals surface area (Å²) in [5.41, 5.74) is 0.0156. The summed E-state index contributed by atoms with van der Waals surface area (Å²) < 4.78 is 4.83. The molecule has 0 spiro atoms. The molecule has 5 heteroatoms. The van der Waals surface area contributed by atoms with Gasteiger partial charge < -0.3 is 14.9 Å². The van der Waals surface area contributed by atoms with E-state index in [9.17, 15) is 9.90 Å². The van der Waals surface area contributed by atoms with Crippen LogP contribution in [-0.2, 0) is 4.79 Å². The minimum Gasteiger partial charge on any atom is -0.504 e. The zero-order valence-electron chi connectivity index (χ0n) is 8.47. The molecule has 0 heterocycles. The predicted octanol–water partition coefficient (Wildman–Crippen LogP) is 1.39. The fourth-order valence-corrected chi connectivity index (χ4v) is 1.11. The lowest BCUT2D eigenvalue weighted by atomic mass is 10.1. The van der Waals surface area contributed by atoms with E-state index in [1.165, 1.54) is 25.3 Å². The third kappa shape index (κ3) is 2.51. The zero-order chi connectivity index (χ0) is 12.1. The molecule has 1 aromatic rings. The number of aromatic hydroxyl groups is 1. The molecular formula is C11H9NO4. The second-order valence-electron chi connectivity index (χ2n) is 2.91. The van der Waals surface area contributed by atoms with Crippen molar-refractivity contribution in [2.24, 2.45) is 0 Å². The van der Waals surface area contributed by atoms with Crippen molar-refractivity contribution in [1.82, 2.24) is 0 Å². The van der Waals surface area contributed by atoms with Gasteiger partial charge in [-0.2, -0.15) is 5.26 Å². The Bertz CT molecular complexity index is 485. The maximum Gasteiger partial charge on any atom is 0.346 e. The fraction of sp³-hybridized carbons (Fsp3) is 0.0909. The van der Waals surface area contributed by atoms with Crippen molar-refractivity contribution in [2.45, 2.75) is 0 Å². The quantitative estimate of drug-likeness (QED) is 0.592. The second-order valence-corrected chi connectivity index (χ2v) is 2.91. The van der Waals surface area contributed by atoms with Crippen LogP contribution in [0.1, 0.15) is 5.56 Å². The molecule has 0 saturated carbocycles. The van der Waals surface area contributed by atoms with Gasteiger partial charge in [0.15, 0.2) is 11.5 Å². The van der Waals surface area contributed by atoms with E-state index < -0.39 is 11.5 Å². The Morgan fingerprint density at radius 3 is 2.69 bits per heavy atom. The monoisotopic (exact) mass is 219 g/mol. The Morgan fingerprint density at radius 2 is 2.25 bits per heavy atom. The highest BCUT2D eigenvalue weighted by Gasteiger charge is 2.07. The molecule has 0 saturated heterocycles. The molecule has 0 aromatic heterocycles. The summed E-state index contributed by atoms with van der Waals surface area (Å²) >= 11 is 0. The summed E-state index contributed by atoms with van der Waals surface area (Å²) in [6.45, 7) is 0. The first-order valence-corrected chi connectivity index (χ1v) is 4.30. The van der Waals surface area contributed by atoms with Crippen LogP contribution < -0.4 is 4.74 Å². The van der Waals surface area contributed by atoms with Crippen molar-refractivity contribution >= 4 is 12.0 Å². The van der Waals surface area contributed by atoms with Crippen LogP contribution in [0, 0.1) is 11.3 Å². The van der Waals surface area contributed by atoms with Crippen LogP contribution in [-0.4, -0.2) is 23.3 Å². The number of carboxylic acids is 1. The van der Waals surface area contributed by atoms with Crippen molar-refractivity contribution in [2.75, 3.05) is 7.11 Å². The van der Waals surface area contributed by atoms with Gasteiger partial charge in [0.2, 0.25) is 0 Å². The van der Waals surface area contributed by atoms with Gasteiger partial charge in [0.1, 0.15) is 11.6 Å². The van der Waals surface area contributed by atoms with Crippen LogP contribution in [0.3, 0.4) is 0 Å². The van der Waals surface area contributed by atoms with Gasteiger partial charge in [-0.15, -0.1) is 0 Å². The van der Waals surface area contributed by atoms with Gasteiger partial charge in [0.25, 0.3) is 0 Å². The molecule has 0 aliphatic carbocycles. The molecule has 1 aromatic carbocycles. The van der Waals surface area contributed by atoms with Gasteiger partial charge in [-0.05, 0) is 23.8 Å². The fourth-order valence-electron chi connectivity index (χ4n) is 1.11. The van der Waals surface area contributed by atoms with Crippen molar-refractivity contribution in [3.8, 4) is 17.6 Å². The van der Waals surface area contributed by atoms with E-state index in [1.54, 1.807) is 12.1 Å². The number of hydrogen-bond acceptors (Lipinski definition) is 4. The van der Waals surface area contributed by atoms with Crippen LogP contribution >= 0.6 is 0 Å². The number of rotatable bonds is 3. The largest absolute Gasteiger partial charge is 0.504 e. The minimum atomic E-state index is -1.31. The van der Waals surface area contributed by atoms with Gasteiger partial charge in [0, 0.05) is 0 Å². The highest BCUT2D eigenvalue weighted by Crippen LogP contribution is 2.27. The molecule has 0 atom stereocenters. The van der Waals surface area contributed by atoms with E-state index in [0.29, 0.717) is 5.56 Å². The number of benzene rings is 1. The predicted molar refractivity (Wildman–Crippen MR) is 55.9 cm³/mol. The summed E-state index contributed by atoms with van der Waals surface area (Å²) in [5.74, 6) is -1.14. The van der Waals surface area contributed by atoms with Crippen LogP contribution in [0.25, 0.3) is 6.08 Å². The number of phenolic OH excluding ortho intramolecular Hbond substituents is 1. The molecule has 16 heavy (non-hydrogen) atoms. The van der Waals surface area contributed by atoms with Crippen molar-refractivity contribution in [3.05, 3.63) is 29.3 Å². The highest BCUT2D eigenvalue weighted by atomic mass is 16.5. The number of methoxy groups -OCH3 is 1. The average molecular weight is 219 g/mol. The summed E-state index contributed by atoms with van der Waals surface area (Å²) in [6, 6.07) is 5.89. The molecule has 0 aliphatic heterocycles. The number of nitriles is 1. The van der Waals surface area contributed by atoms with E-state index >= 15 is 0 Å². The number of hydrogen-bond donors (Lipinski definition) is 2. The molecule has 0 fully saturated rings. The summed E-state index contributed by atoms with van der Waals surface area (Å²) in [5, 5.41) is 26.6. The minimum absolute atomic E-state index is 0.112. The van der Waals surface area contributed by atoms with Gasteiger partial charge in [-0.3, -0.25) is 0 Å². The molecule has 1 rings (SSSR count). The van der Waals surface area contributed by atoms with Crippen molar-refractivity contribution in [3.63, 3.8) is 0 Å². The number of phenols is 1. The Balaban J connectivity index is 3.12. The molecule has 2 N–H and O–H groups in total. The van der Waals surface area contributed by atoms with Crippen LogP contribution in [0.2, 0.25) is 0 Å². The third-order valence-electron chi connectivity index (χ3n) is 1.86. The first-order chi connectivity index (χ1) is 7.58. The normalized spacial score (nSPS) is 10.6. The number of aliphatic carboxylic acids is 1. The molecule has 0 unspecified atom stereocenters.